The van der Waals surface area contributed by atoms with Crippen molar-refractivity contribution in [3.63, 3.8) is 0 Å². The number of aromatic amines is 1. The molecule has 4 nitrogen and oxygen atoms in total. The van der Waals surface area contributed by atoms with Crippen molar-refractivity contribution in [1.82, 2.24) is 15.2 Å². The number of amides is 2. The molecule has 30 heavy (non-hydrogen) atoms. The van der Waals surface area contributed by atoms with Crippen LogP contribution in [0.3, 0.4) is 0 Å². The standard InChI is InChI=1S/C23H24F3N3O/c24-23(25,26)20-7-3-1-5-17(20)9-12-27-22(30)29-13-10-16(11-14-29)19-15-28-21-8-4-2-6-18(19)21/h1-8,15-16,28H,9-14H2,(H,27,30). The van der Waals surface area contributed by atoms with Crippen molar-refractivity contribution in [2.45, 2.75) is 31.4 Å². The van der Waals surface area contributed by atoms with Gasteiger partial charge in [0.1, 0.15) is 0 Å². The van der Waals surface area contributed by atoms with Gasteiger partial charge in [0.25, 0.3) is 0 Å². The van der Waals surface area contributed by atoms with E-state index < -0.39 is 11.7 Å². The van der Waals surface area contributed by atoms with Gasteiger partial charge in [-0.05, 0) is 48.4 Å². The first-order valence-electron chi connectivity index (χ1n) is 10.2. The minimum atomic E-state index is -4.38. The molecule has 2 heterocycles. The second-order valence-electron chi connectivity index (χ2n) is 7.69. The second-order valence-corrected chi connectivity index (χ2v) is 7.69. The molecule has 1 fully saturated rings. The zero-order valence-corrected chi connectivity index (χ0v) is 16.5. The number of para-hydroxylation sites is 1. The Bertz CT molecular complexity index is 1020. The van der Waals surface area contributed by atoms with Crippen LogP contribution in [0.5, 0.6) is 0 Å². The third-order valence-corrected chi connectivity index (χ3v) is 5.84. The SMILES string of the molecule is O=C(NCCc1ccccc1C(F)(F)F)N1CCC(c2c[nH]c3ccccc23)CC1. The van der Waals surface area contributed by atoms with Gasteiger partial charge in [-0.1, -0.05) is 36.4 Å². The molecule has 1 saturated heterocycles. The summed E-state index contributed by atoms with van der Waals surface area (Å²) in [6, 6.07) is 13.5. The Labute approximate surface area is 173 Å². The van der Waals surface area contributed by atoms with E-state index in [2.05, 4.69) is 28.6 Å². The third kappa shape index (κ3) is 4.30. The summed E-state index contributed by atoms with van der Waals surface area (Å²) in [5.41, 5.74) is 1.96. The quantitative estimate of drug-likeness (QED) is 0.595. The Morgan fingerprint density at radius 1 is 1.07 bits per heavy atom. The van der Waals surface area contributed by atoms with Crippen LogP contribution in [0, 0.1) is 0 Å². The van der Waals surface area contributed by atoms with Crippen molar-refractivity contribution in [2.75, 3.05) is 19.6 Å². The number of urea groups is 1. The molecule has 1 aliphatic heterocycles. The van der Waals surface area contributed by atoms with Crippen LogP contribution in [0.1, 0.15) is 35.4 Å². The smallest absolute Gasteiger partial charge is 0.361 e. The van der Waals surface area contributed by atoms with Crippen LogP contribution in [0.25, 0.3) is 10.9 Å². The lowest BCUT2D eigenvalue weighted by Crippen LogP contribution is -2.44. The number of piperidine rings is 1. The molecule has 1 aromatic heterocycles. The van der Waals surface area contributed by atoms with Gasteiger partial charge in [0, 0.05) is 36.7 Å². The van der Waals surface area contributed by atoms with E-state index in [1.54, 1.807) is 11.0 Å². The topological polar surface area (TPSA) is 48.1 Å². The van der Waals surface area contributed by atoms with Crippen molar-refractivity contribution in [3.8, 4) is 0 Å². The molecule has 7 heteroatoms. The number of fused-ring (bicyclic) bond motifs is 1. The minimum Gasteiger partial charge on any atom is -0.361 e. The summed E-state index contributed by atoms with van der Waals surface area (Å²) in [6.45, 7) is 1.44. The number of alkyl halides is 3. The fraction of sp³-hybridized carbons (Fsp3) is 0.348. The largest absolute Gasteiger partial charge is 0.416 e. The molecule has 2 N–H and O–H groups in total. The lowest BCUT2D eigenvalue weighted by atomic mass is 9.89. The van der Waals surface area contributed by atoms with E-state index in [-0.39, 0.29) is 24.6 Å². The van der Waals surface area contributed by atoms with Crippen molar-refractivity contribution in [2.24, 2.45) is 0 Å². The number of likely N-dealkylation sites (tertiary alicyclic amines) is 1. The van der Waals surface area contributed by atoms with Gasteiger partial charge in [-0.15, -0.1) is 0 Å². The van der Waals surface area contributed by atoms with Gasteiger partial charge in [0.15, 0.2) is 0 Å². The van der Waals surface area contributed by atoms with E-state index >= 15 is 0 Å². The first-order valence-corrected chi connectivity index (χ1v) is 10.2. The minimum absolute atomic E-state index is 0.146. The number of rotatable bonds is 4. The van der Waals surface area contributed by atoms with Gasteiger partial charge in [0.05, 0.1) is 5.56 Å². The number of nitrogens with one attached hydrogen (secondary N) is 2. The van der Waals surface area contributed by atoms with E-state index in [4.69, 9.17) is 0 Å². The number of halogens is 3. The Hall–Kier alpha value is -2.96. The highest BCUT2D eigenvalue weighted by Gasteiger charge is 2.32. The molecule has 0 aliphatic carbocycles. The van der Waals surface area contributed by atoms with E-state index in [0.29, 0.717) is 19.0 Å². The van der Waals surface area contributed by atoms with Crippen LogP contribution in [0.2, 0.25) is 0 Å². The van der Waals surface area contributed by atoms with Crippen molar-refractivity contribution in [3.05, 3.63) is 71.4 Å². The van der Waals surface area contributed by atoms with Gasteiger partial charge in [-0.25, -0.2) is 4.79 Å². The maximum Gasteiger partial charge on any atom is 0.416 e. The molecule has 158 valence electrons. The van der Waals surface area contributed by atoms with Gasteiger partial charge >= 0.3 is 12.2 Å². The molecule has 0 atom stereocenters. The number of H-pyrrole nitrogens is 1. The fourth-order valence-corrected chi connectivity index (χ4v) is 4.26. The summed E-state index contributed by atoms with van der Waals surface area (Å²) in [5.74, 6) is 0.392. The highest BCUT2D eigenvalue weighted by Crippen LogP contribution is 2.33. The summed E-state index contributed by atoms with van der Waals surface area (Å²) < 4.78 is 39.2. The van der Waals surface area contributed by atoms with Crippen molar-refractivity contribution < 1.29 is 18.0 Å². The first-order chi connectivity index (χ1) is 14.4. The summed E-state index contributed by atoms with van der Waals surface area (Å²) >= 11 is 0. The van der Waals surface area contributed by atoms with Crippen LogP contribution in [0.15, 0.2) is 54.7 Å². The maximum absolute atomic E-state index is 13.1. The Morgan fingerprint density at radius 2 is 1.77 bits per heavy atom. The van der Waals surface area contributed by atoms with Crippen LogP contribution < -0.4 is 5.32 Å². The zero-order chi connectivity index (χ0) is 21.1. The summed E-state index contributed by atoms with van der Waals surface area (Å²) in [6.07, 6.45) is -0.445. The summed E-state index contributed by atoms with van der Waals surface area (Å²) in [5, 5.41) is 4.00. The zero-order valence-electron chi connectivity index (χ0n) is 16.5. The predicted octanol–water partition coefficient (Wildman–Crippen LogP) is 5.32. The number of hydrogen-bond acceptors (Lipinski definition) is 1. The van der Waals surface area contributed by atoms with Gasteiger partial charge in [0.2, 0.25) is 0 Å². The molecule has 1 aliphatic rings. The molecular formula is C23H24F3N3O. The maximum atomic E-state index is 13.1. The van der Waals surface area contributed by atoms with Crippen LogP contribution in [0.4, 0.5) is 18.0 Å². The lowest BCUT2D eigenvalue weighted by Gasteiger charge is -2.32. The molecule has 0 saturated carbocycles. The van der Waals surface area contributed by atoms with Gasteiger partial charge in [-0.2, -0.15) is 13.2 Å². The third-order valence-electron chi connectivity index (χ3n) is 5.84. The molecule has 0 spiro atoms. The monoisotopic (exact) mass is 415 g/mol. The summed E-state index contributed by atoms with van der Waals surface area (Å²) in [4.78, 5) is 17.5. The normalized spacial score (nSPS) is 15.5. The Kier molecular flexibility index (Phi) is 5.70. The van der Waals surface area contributed by atoms with Crippen LogP contribution in [-0.4, -0.2) is 35.5 Å². The van der Waals surface area contributed by atoms with E-state index in [1.165, 1.54) is 23.1 Å². The summed E-state index contributed by atoms with van der Waals surface area (Å²) in [7, 11) is 0. The highest BCUT2D eigenvalue weighted by atomic mass is 19.4. The molecule has 0 bridgehead atoms. The number of aromatic nitrogens is 1. The average Bonchev–Trinajstić information content (AvgIpc) is 3.17. The average molecular weight is 415 g/mol. The number of carbonyl (C=O) groups is 1. The van der Waals surface area contributed by atoms with Crippen molar-refractivity contribution in [1.29, 1.82) is 0 Å². The highest BCUT2D eigenvalue weighted by molar-refractivity contribution is 5.83. The number of nitrogens with zero attached hydrogens (tertiary/aromatic N) is 1. The van der Waals surface area contributed by atoms with Gasteiger partial charge < -0.3 is 15.2 Å². The molecule has 4 rings (SSSR count). The van der Waals surface area contributed by atoms with Crippen LogP contribution in [-0.2, 0) is 12.6 Å². The molecule has 3 aromatic rings. The molecule has 2 amide bonds. The number of hydrogen-bond donors (Lipinski definition) is 2. The fourth-order valence-electron chi connectivity index (χ4n) is 4.26. The molecule has 2 aromatic carbocycles. The lowest BCUT2D eigenvalue weighted by molar-refractivity contribution is -0.138. The van der Waals surface area contributed by atoms with E-state index in [9.17, 15) is 18.0 Å². The number of benzene rings is 2. The Balaban J connectivity index is 1.29. The first kappa shape index (κ1) is 20.3. The molecule has 0 radical (unpaired) electrons. The molecular weight excluding hydrogens is 391 g/mol. The Morgan fingerprint density at radius 3 is 2.53 bits per heavy atom. The number of carbonyl (C=O) groups excluding carboxylic acids is 1. The van der Waals surface area contributed by atoms with Crippen molar-refractivity contribution >= 4 is 16.9 Å². The second kappa shape index (κ2) is 8.42. The van der Waals surface area contributed by atoms with Gasteiger partial charge in [-0.3, -0.25) is 0 Å². The van der Waals surface area contributed by atoms with E-state index in [0.717, 1.165) is 24.4 Å². The van der Waals surface area contributed by atoms with E-state index in [1.807, 2.05) is 12.1 Å². The molecule has 0 unspecified atom stereocenters. The van der Waals surface area contributed by atoms with Crippen LogP contribution >= 0.6 is 0 Å². The predicted molar refractivity (Wildman–Crippen MR) is 110 cm³/mol.